The molecule has 0 saturated heterocycles. The summed E-state index contributed by atoms with van der Waals surface area (Å²) in [4.78, 5) is 28.3. The number of nitrogen functional groups attached to an aromatic ring is 2. The van der Waals surface area contributed by atoms with Crippen molar-refractivity contribution >= 4 is 57.9 Å². The molecule has 0 aliphatic carbocycles. The number of hydrogen-bond acceptors (Lipinski definition) is 7. The summed E-state index contributed by atoms with van der Waals surface area (Å²) in [5, 5.41) is 10.4. The maximum atomic E-state index is 12.1. The van der Waals surface area contributed by atoms with E-state index in [-0.39, 0.29) is 5.56 Å². The lowest BCUT2D eigenvalue weighted by Gasteiger charge is -2.30. The number of aromatic carboxylic acids is 1. The van der Waals surface area contributed by atoms with Crippen LogP contribution >= 0.6 is 23.2 Å². The van der Waals surface area contributed by atoms with E-state index < -0.39 is 11.9 Å². The summed E-state index contributed by atoms with van der Waals surface area (Å²) in [6.45, 7) is 21.3. The molecule has 0 spiro atoms. The zero-order chi connectivity index (χ0) is 39.6. The van der Waals surface area contributed by atoms with E-state index in [1.165, 1.54) is 13.2 Å². The molecule has 0 fully saturated rings. The Balaban J connectivity index is 0.000000286. The van der Waals surface area contributed by atoms with Crippen LogP contribution in [0.5, 0.6) is 0 Å². The van der Waals surface area contributed by atoms with Gasteiger partial charge in [-0.3, -0.25) is 0 Å². The molecule has 4 aromatic rings. The highest BCUT2D eigenvalue weighted by molar-refractivity contribution is 6.31. The summed E-state index contributed by atoms with van der Waals surface area (Å²) in [7, 11) is 1.36. The Morgan fingerprint density at radius 1 is 0.604 bits per heavy atom. The van der Waals surface area contributed by atoms with Crippen molar-refractivity contribution in [2.75, 3.05) is 54.6 Å². The number of nitrogens with zero attached hydrogens (tertiary/aromatic N) is 2. The average molecular weight is 764 g/mol. The normalized spacial score (nSPS) is 11.2. The standard InChI is InChI=1S/C22H29ClN2O2.C21H27ClN2O2/c1-14(2)12-25(13-15(3)4)21-9-6-16(10-20(21)24)18-8-7-17(23)11-19(18)22(26)27-5;1-13(2)11-24(12-14(3)4)20-8-5-15(9-19(20)23)17-7-6-16(22)10-18(17)21(25)26/h6-11,14-15H,12-13,24H2,1-5H3;5-10,13-14H,11-12,23H2,1-4H3,(H,25,26). The largest absolute Gasteiger partial charge is 0.478 e. The maximum absolute atomic E-state index is 12.1. The molecule has 8 nitrogen and oxygen atoms in total. The number of hydrogen-bond donors (Lipinski definition) is 3. The highest BCUT2D eigenvalue weighted by Gasteiger charge is 2.19. The first-order chi connectivity index (χ1) is 24.9. The third kappa shape index (κ3) is 12.3. The Bertz CT molecular complexity index is 1840. The predicted octanol–water partition coefficient (Wildman–Crippen LogP) is 10.9. The highest BCUT2D eigenvalue weighted by Crippen LogP contribution is 2.35. The number of carbonyl (C=O) groups excluding carboxylic acids is 1. The number of esters is 1. The predicted molar refractivity (Wildman–Crippen MR) is 225 cm³/mol. The topological polar surface area (TPSA) is 122 Å². The van der Waals surface area contributed by atoms with Gasteiger partial charge in [0, 0.05) is 36.2 Å². The summed E-state index contributed by atoms with van der Waals surface area (Å²) in [6, 6.07) is 21.8. The Kier molecular flexibility index (Phi) is 15.9. The lowest BCUT2D eigenvalue weighted by molar-refractivity contribution is 0.0600. The van der Waals surface area contributed by atoms with Crippen LogP contribution in [0.3, 0.4) is 0 Å². The van der Waals surface area contributed by atoms with E-state index in [9.17, 15) is 14.7 Å². The molecule has 286 valence electrons. The van der Waals surface area contributed by atoms with Crippen molar-refractivity contribution in [3.63, 3.8) is 0 Å². The zero-order valence-electron chi connectivity index (χ0n) is 32.5. The Hall–Kier alpha value is -4.40. The van der Waals surface area contributed by atoms with E-state index in [2.05, 4.69) is 65.2 Å². The van der Waals surface area contributed by atoms with E-state index in [4.69, 9.17) is 39.4 Å². The number of carboxylic acid groups (broad SMARTS) is 1. The van der Waals surface area contributed by atoms with Crippen molar-refractivity contribution in [3.05, 3.63) is 94.0 Å². The van der Waals surface area contributed by atoms with Gasteiger partial charge in [0.2, 0.25) is 0 Å². The summed E-state index contributed by atoms with van der Waals surface area (Å²) >= 11 is 12.0. The molecule has 0 saturated carbocycles. The SMILES string of the molecule is CC(C)CN(CC(C)C)c1ccc(-c2ccc(Cl)cc2C(=O)O)cc1N.COC(=O)c1cc(Cl)ccc1-c1ccc(N(CC(C)C)CC(C)C)c(N)c1. The first-order valence-corrected chi connectivity index (χ1v) is 18.9. The molecule has 53 heavy (non-hydrogen) atoms. The van der Waals surface area contributed by atoms with Gasteiger partial charge in [-0.15, -0.1) is 0 Å². The third-order valence-corrected chi connectivity index (χ3v) is 8.77. The molecule has 0 aliphatic heterocycles. The van der Waals surface area contributed by atoms with Crippen molar-refractivity contribution in [1.29, 1.82) is 0 Å². The van der Waals surface area contributed by atoms with Crippen molar-refractivity contribution < 1.29 is 19.4 Å². The van der Waals surface area contributed by atoms with Crippen molar-refractivity contribution in [3.8, 4) is 22.3 Å². The van der Waals surface area contributed by atoms with Gasteiger partial charge in [0.25, 0.3) is 0 Å². The number of benzene rings is 4. The molecule has 10 heteroatoms. The fourth-order valence-corrected chi connectivity index (χ4v) is 6.66. The second-order valence-electron chi connectivity index (χ2n) is 15.1. The number of anilines is 4. The van der Waals surface area contributed by atoms with Crippen LogP contribution < -0.4 is 21.3 Å². The van der Waals surface area contributed by atoms with Gasteiger partial charge < -0.3 is 31.1 Å². The molecule has 0 amide bonds. The number of rotatable bonds is 14. The average Bonchev–Trinajstić information content (AvgIpc) is 3.06. The van der Waals surface area contributed by atoms with E-state index in [1.807, 2.05) is 42.5 Å². The number of halogens is 2. The quantitative estimate of drug-likeness (QED) is 0.0857. The molecule has 0 aromatic heterocycles. The fourth-order valence-electron chi connectivity index (χ4n) is 6.32. The smallest absolute Gasteiger partial charge is 0.338 e. The number of nitrogens with two attached hydrogens (primary N) is 2. The van der Waals surface area contributed by atoms with Crippen LogP contribution in [-0.2, 0) is 4.74 Å². The number of carbonyl (C=O) groups is 2. The van der Waals surface area contributed by atoms with Crippen LogP contribution in [0.2, 0.25) is 10.0 Å². The first kappa shape index (κ1) is 43.0. The zero-order valence-corrected chi connectivity index (χ0v) is 34.1. The van der Waals surface area contributed by atoms with Crippen LogP contribution in [0.4, 0.5) is 22.7 Å². The highest BCUT2D eigenvalue weighted by atomic mass is 35.5. The molecule has 0 heterocycles. The van der Waals surface area contributed by atoms with Gasteiger partial charge in [-0.25, -0.2) is 9.59 Å². The molecular weight excluding hydrogens is 707 g/mol. The number of carboxylic acids is 1. The third-order valence-electron chi connectivity index (χ3n) is 8.30. The van der Waals surface area contributed by atoms with E-state index in [0.717, 1.165) is 54.2 Å². The van der Waals surface area contributed by atoms with Crippen LogP contribution in [0.25, 0.3) is 22.3 Å². The molecule has 0 atom stereocenters. The summed E-state index contributed by atoms with van der Waals surface area (Å²) in [6.07, 6.45) is 0. The minimum absolute atomic E-state index is 0.172. The molecule has 0 bridgehead atoms. The lowest BCUT2D eigenvalue weighted by atomic mass is 9.98. The van der Waals surface area contributed by atoms with E-state index in [0.29, 0.717) is 56.2 Å². The Morgan fingerprint density at radius 2 is 0.962 bits per heavy atom. The van der Waals surface area contributed by atoms with Gasteiger partial charge in [-0.2, -0.15) is 0 Å². The summed E-state index contributed by atoms with van der Waals surface area (Å²) < 4.78 is 4.90. The van der Waals surface area contributed by atoms with Gasteiger partial charge in [-0.05, 0) is 94.5 Å². The Labute approximate surface area is 326 Å². The molecule has 4 rings (SSSR count). The van der Waals surface area contributed by atoms with Gasteiger partial charge >= 0.3 is 11.9 Å². The second kappa shape index (κ2) is 19.6. The number of ether oxygens (including phenoxy) is 1. The molecule has 4 aromatic carbocycles. The first-order valence-electron chi connectivity index (χ1n) is 18.1. The monoisotopic (exact) mass is 762 g/mol. The van der Waals surface area contributed by atoms with Gasteiger partial charge in [0.05, 0.1) is 41.0 Å². The fraction of sp³-hybridized carbons (Fsp3) is 0.395. The molecule has 0 radical (unpaired) electrons. The molecule has 5 N–H and O–H groups in total. The van der Waals surface area contributed by atoms with Gasteiger partial charge in [0.15, 0.2) is 0 Å². The number of methoxy groups -OCH3 is 1. The van der Waals surface area contributed by atoms with E-state index in [1.54, 1.807) is 24.3 Å². The van der Waals surface area contributed by atoms with Crippen molar-refractivity contribution in [1.82, 2.24) is 0 Å². The molecular formula is C43H56Cl2N4O4. The van der Waals surface area contributed by atoms with Gasteiger partial charge in [0.1, 0.15) is 0 Å². The van der Waals surface area contributed by atoms with E-state index >= 15 is 0 Å². The second-order valence-corrected chi connectivity index (χ2v) is 16.0. The lowest BCUT2D eigenvalue weighted by Crippen LogP contribution is -2.31. The van der Waals surface area contributed by atoms with Crippen LogP contribution in [-0.4, -0.2) is 50.3 Å². The van der Waals surface area contributed by atoms with Crippen LogP contribution in [0, 0.1) is 23.7 Å². The van der Waals surface area contributed by atoms with Gasteiger partial charge in [-0.1, -0.05) is 103 Å². The van der Waals surface area contributed by atoms with Crippen LogP contribution in [0.15, 0.2) is 72.8 Å². The van der Waals surface area contributed by atoms with Crippen LogP contribution in [0.1, 0.15) is 76.1 Å². The maximum Gasteiger partial charge on any atom is 0.338 e. The summed E-state index contributed by atoms with van der Waals surface area (Å²) in [5.41, 5.74) is 19.7. The molecule has 0 unspecified atom stereocenters. The molecule has 0 aliphatic rings. The minimum atomic E-state index is -1.01. The minimum Gasteiger partial charge on any atom is -0.478 e. The van der Waals surface area contributed by atoms with Crippen molar-refractivity contribution in [2.24, 2.45) is 23.7 Å². The summed E-state index contributed by atoms with van der Waals surface area (Å²) in [5.74, 6) is 0.670. The van der Waals surface area contributed by atoms with Crippen molar-refractivity contribution in [2.45, 2.75) is 55.4 Å². The Morgan fingerprint density at radius 3 is 1.28 bits per heavy atom.